The van der Waals surface area contributed by atoms with Crippen molar-refractivity contribution in [1.82, 2.24) is 9.88 Å². The molecule has 138 valence electrons. The van der Waals surface area contributed by atoms with Crippen LogP contribution < -0.4 is 4.74 Å². The lowest BCUT2D eigenvalue weighted by molar-refractivity contribution is -0.139. The fraction of sp³-hybridized carbons (Fsp3) is 0.714. The molecule has 1 saturated heterocycles. The van der Waals surface area contributed by atoms with Crippen molar-refractivity contribution >= 4 is 5.91 Å². The van der Waals surface area contributed by atoms with E-state index in [1.807, 2.05) is 12.1 Å². The molecule has 1 aliphatic heterocycles. The van der Waals surface area contributed by atoms with Crippen molar-refractivity contribution < 1.29 is 9.53 Å². The van der Waals surface area contributed by atoms with Gasteiger partial charge in [0.15, 0.2) is 0 Å². The van der Waals surface area contributed by atoms with E-state index in [-0.39, 0.29) is 12.0 Å². The number of likely N-dealkylation sites (tertiary alicyclic amines) is 1. The van der Waals surface area contributed by atoms with Crippen LogP contribution in [0.5, 0.6) is 5.75 Å². The first-order valence-electron chi connectivity index (χ1n) is 10.1. The fourth-order valence-corrected chi connectivity index (χ4v) is 4.29. The zero-order chi connectivity index (χ0) is 17.5. The number of ether oxygens (including phenoxy) is 1. The van der Waals surface area contributed by atoms with Gasteiger partial charge in [0.2, 0.25) is 5.91 Å². The van der Waals surface area contributed by atoms with Crippen molar-refractivity contribution in [2.24, 2.45) is 11.8 Å². The Morgan fingerprint density at radius 2 is 1.96 bits per heavy atom. The lowest BCUT2D eigenvalue weighted by atomic mass is 9.79. The van der Waals surface area contributed by atoms with Crippen LogP contribution in [0.15, 0.2) is 24.5 Å². The van der Waals surface area contributed by atoms with Crippen molar-refractivity contribution in [2.45, 2.75) is 70.8 Å². The van der Waals surface area contributed by atoms with Crippen LogP contribution in [-0.2, 0) is 4.79 Å². The number of aromatic nitrogens is 1. The van der Waals surface area contributed by atoms with E-state index in [2.05, 4.69) is 16.8 Å². The van der Waals surface area contributed by atoms with Crippen molar-refractivity contribution in [3.05, 3.63) is 24.5 Å². The molecule has 0 N–H and O–H groups in total. The molecule has 4 heteroatoms. The highest BCUT2D eigenvalue weighted by atomic mass is 16.5. The number of unbranched alkanes of at least 4 members (excludes halogenated alkanes) is 1. The average molecular weight is 344 g/mol. The third-order valence-corrected chi connectivity index (χ3v) is 5.80. The summed E-state index contributed by atoms with van der Waals surface area (Å²) in [5.74, 6) is 2.33. The Morgan fingerprint density at radius 1 is 1.20 bits per heavy atom. The molecule has 1 unspecified atom stereocenters. The van der Waals surface area contributed by atoms with E-state index in [0.29, 0.717) is 5.91 Å². The van der Waals surface area contributed by atoms with Gasteiger partial charge < -0.3 is 9.64 Å². The van der Waals surface area contributed by atoms with Gasteiger partial charge in [0, 0.05) is 24.9 Å². The maximum Gasteiger partial charge on any atom is 0.225 e. The normalized spacial score (nSPS) is 27.1. The molecule has 1 amide bonds. The summed E-state index contributed by atoms with van der Waals surface area (Å²) in [6, 6.07) is 3.77. The van der Waals surface area contributed by atoms with Crippen molar-refractivity contribution in [1.29, 1.82) is 0 Å². The van der Waals surface area contributed by atoms with Crippen molar-refractivity contribution in [2.75, 3.05) is 13.1 Å². The van der Waals surface area contributed by atoms with Crippen LogP contribution in [0.4, 0.5) is 0 Å². The van der Waals surface area contributed by atoms with Crippen LogP contribution >= 0.6 is 0 Å². The third-order valence-electron chi connectivity index (χ3n) is 5.80. The fourth-order valence-electron chi connectivity index (χ4n) is 4.29. The van der Waals surface area contributed by atoms with E-state index in [9.17, 15) is 4.79 Å². The zero-order valence-corrected chi connectivity index (χ0v) is 15.5. The van der Waals surface area contributed by atoms with Gasteiger partial charge in [-0.2, -0.15) is 0 Å². The molecule has 25 heavy (non-hydrogen) atoms. The Kier molecular flexibility index (Phi) is 6.71. The molecule has 0 radical (unpaired) electrons. The number of rotatable bonds is 6. The molecule has 4 nitrogen and oxygen atoms in total. The SMILES string of the molecule is CCCCC1CCC(C(=O)N2CCCC(Oc3ccncc3)C2)CC1. The number of nitrogens with zero attached hydrogens (tertiary/aromatic N) is 2. The van der Waals surface area contributed by atoms with E-state index >= 15 is 0 Å². The standard InChI is InChI=1S/C21H32N2O2/c1-2-3-5-17-7-9-18(10-8-17)21(24)23-15-4-6-20(16-23)25-19-11-13-22-14-12-19/h11-14,17-18,20H,2-10,15-16H2,1H3. The maximum absolute atomic E-state index is 12.9. The lowest BCUT2D eigenvalue weighted by Gasteiger charge is -2.37. The summed E-state index contributed by atoms with van der Waals surface area (Å²) in [7, 11) is 0. The van der Waals surface area contributed by atoms with Crippen LogP contribution in [0.2, 0.25) is 0 Å². The van der Waals surface area contributed by atoms with E-state index < -0.39 is 0 Å². The third kappa shape index (κ3) is 5.20. The van der Waals surface area contributed by atoms with Crippen LogP contribution in [-0.4, -0.2) is 35.0 Å². The summed E-state index contributed by atoms with van der Waals surface area (Å²) >= 11 is 0. The second-order valence-electron chi connectivity index (χ2n) is 7.71. The minimum Gasteiger partial charge on any atom is -0.488 e. The quantitative estimate of drug-likeness (QED) is 0.766. The molecule has 0 spiro atoms. The summed E-state index contributed by atoms with van der Waals surface area (Å²) in [5, 5.41) is 0. The summed E-state index contributed by atoms with van der Waals surface area (Å²) in [6.07, 6.45) is 14.3. The van der Waals surface area contributed by atoms with Gasteiger partial charge in [-0.1, -0.05) is 26.2 Å². The Balaban J connectivity index is 1.47. The Hall–Kier alpha value is -1.58. The van der Waals surface area contributed by atoms with Crippen LogP contribution in [0, 0.1) is 11.8 Å². The minimum atomic E-state index is 0.112. The number of carbonyl (C=O) groups excluding carboxylic acids is 1. The second kappa shape index (κ2) is 9.21. The van der Waals surface area contributed by atoms with Gasteiger partial charge in [-0.3, -0.25) is 9.78 Å². The van der Waals surface area contributed by atoms with Gasteiger partial charge in [-0.15, -0.1) is 0 Å². The number of piperidine rings is 1. The summed E-state index contributed by atoms with van der Waals surface area (Å²) in [4.78, 5) is 19.0. The topological polar surface area (TPSA) is 42.4 Å². The first-order valence-corrected chi connectivity index (χ1v) is 10.1. The molecular formula is C21H32N2O2. The van der Waals surface area contributed by atoms with E-state index in [0.717, 1.165) is 50.4 Å². The lowest BCUT2D eigenvalue weighted by Crippen LogP contribution is -2.47. The van der Waals surface area contributed by atoms with Gasteiger partial charge in [0.05, 0.1) is 6.54 Å². The monoisotopic (exact) mass is 344 g/mol. The molecule has 1 atom stereocenters. The second-order valence-corrected chi connectivity index (χ2v) is 7.71. The molecule has 3 rings (SSSR count). The van der Waals surface area contributed by atoms with Crippen molar-refractivity contribution in [3.63, 3.8) is 0 Å². The average Bonchev–Trinajstić information content (AvgIpc) is 2.67. The summed E-state index contributed by atoms with van der Waals surface area (Å²) in [5.41, 5.74) is 0. The largest absolute Gasteiger partial charge is 0.488 e. The number of amides is 1. The molecule has 1 aromatic rings. The minimum absolute atomic E-state index is 0.112. The summed E-state index contributed by atoms with van der Waals surface area (Å²) in [6.45, 7) is 3.89. The number of pyridine rings is 1. The summed E-state index contributed by atoms with van der Waals surface area (Å²) < 4.78 is 6.05. The number of hydrogen-bond acceptors (Lipinski definition) is 3. The predicted molar refractivity (Wildman–Crippen MR) is 99.4 cm³/mol. The van der Waals surface area contributed by atoms with E-state index in [1.54, 1.807) is 12.4 Å². The molecule has 2 heterocycles. The molecule has 2 aliphatic rings. The smallest absolute Gasteiger partial charge is 0.225 e. The van der Waals surface area contributed by atoms with Gasteiger partial charge in [-0.25, -0.2) is 0 Å². The molecule has 2 fully saturated rings. The maximum atomic E-state index is 12.9. The molecular weight excluding hydrogens is 312 g/mol. The Labute approximate surface area is 152 Å². The predicted octanol–water partition coefficient (Wildman–Crippen LogP) is 4.45. The molecule has 1 saturated carbocycles. The van der Waals surface area contributed by atoms with Gasteiger partial charge in [-0.05, 0) is 56.6 Å². The van der Waals surface area contributed by atoms with Crippen LogP contribution in [0.25, 0.3) is 0 Å². The molecule has 1 aliphatic carbocycles. The number of hydrogen-bond donors (Lipinski definition) is 0. The Bertz CT molecular complexity index is 526. The van der Waals surface area contributed by atoms with E-state index in [1.165, 1.54) is 32.1 Å². The zero-order valence-electron chi connectivity index (χ0n) is 15.5. The Morgan fingerprint density at radius 3 is 2.68 bits per heavy atom. The molecule has 0 bridgehead atoms. The van der Waals surface area contributed by atoms with Crippen LogP contribution in [0.3, 0.4) is 0 Å². The van der Waals surface area contributed by atoms with Gasteiger partial charge in [0.25, 0.3) is 0 Å². The molecule has 1 aromatic heterocycles. The first-order chi connectivity index (χ1) is 12.3. The molecule has 0 aromatic carbocycles. The van der Waals surface area contributed by atoms with Gasteiger partial charge >= 0.3 is 0 Å². The highest BCUT2D eigenvalue weighted by molar-refractivity contribution is 5.79. The number of carbonyl (C=O) groups is 1. The van der Waals surface area contributed by atoms with Crippen molar-refractivity contribution in [3.8, 4) is 5.75 Å². The van der Waals surface area contributed by atoms with Gasteiger partial charge in [0.1, 0.15) is 11.9 Å². The van der Waals surface area contributed by atoms with E-state index in [4.69, 9.17) is 4.74 Å². The highest BCUT2D eigenvalue weighted by Crippen LogP contribution is 2.33. The first kappa shape index (κ1) is 18.2. The highest BCUT2D eigenvalue weighted by Gasteiger charge is 2.32. The van der Waals surface area contributed by atoms with Crippen LogP contribution in [0.1, 0.15) is 64.7 Å².